The molecule has 0 amide bonds. The van der Waals surface area contributed by atoms with Crippen LogP contribution in [-0.2, 0) is 4.74 Å². The number of nitrogens with zero attached hydrogens (tertiary/aromatic N) is 1. The number of hydrogen-bond donors (Lipinski definition) is 1. The predicted octanol–water partition coefficient (Wildman–Crippen LogP) is 1.88. The van der Waals surface area contributed by atoms with Crippen molar-refractivity contribution < 1.29 is 4.74 Å². The largest absolute Gasteiger partial charge is 0.381 e. The SMILES string of the molecule is CCNC1CCN(CC2CCOCC2)C(C)C1. The zero-order valence-electron chi connectivity index (χ0n) is 11.5. The average Bonchev–Trinajstić information content (AvgIpc) is 2.34. The van der Waals surface area contributed by atoms with E-state index in [0.29, 0.717) is 0 Å². The third kappa shape index (κ3) is 3.94. The van der Waals surface area contributed by atoms with Crippen molar-refractivity contribution in [1.82, 2.24) is 10.2 Å². The van der Waals surface area contributed by atoms with Crippen LogP contribution in [0.2, 0.25) is 0 Å². The van der Waals surface area contributed by atoms with Crippen LogP contribution >= 0.6 is 0 Å². The molecule has 0 aromatic carbocycles. The number of likely N-dealkylation sites (tertiary alicyclic amines) is 1. The van der Waals surface area contributed by atoms with Crippen LogP contribution in [-0.4, -0.2) is 49.8 Å². The van der Waals surface area contributed by atoms with Crippen molar-refractivity contribution in [1.29, 1.82) is 0 Å². The zero-order chi connectivity index (χ0) is 12.1. The highest BCUT2D eigenvalue weighted by molar-refractivity contribution is 4.84. The summed E-state index contributed by atoms with van der Waals surface area (Å²) in [4.78, 5) is 2.70. The Morgan fingerprint density at radius 3 is 2.65 bits per heavy atom. The molecular weight excluding hydrogens is 212 g/mol. The molecule has 0 bridgehead atoms. The van der Waals surface area contributed by atoms with Gasteiger partial charge in [-0.3, -0.25) is 0 Å². The maximum Gasteiger partial charge on any atom is 0.0469 e. The van der Waals surface area contributed by atoms with E-state index in [-0.39, 0.29) is 0 Å². The van der Waals surface area contributed by atoms with E-state index in [1.54, 1.807) is 0 Å². The molecule has 3 heteroatoms. The molecule has 2 aliphatic rings. The Kier molecular flexibility index (Phi) is 5.26. The molecule has 2 rings (SSSR count). The predicted molar refractivity (Wildman–Crippen MR) is 71.3 cm³/mol. The van der Waals surface area contributed by atoms with E-state index in [0.717, 1.165) is 37.8 Å². The summed E-state index contributed by atoms with van der Waals surface area (Å²) in [5.41, 5.74) is 0. The minimum absolute atomic E-state index is 0.746. The Bertz CT molecular complexity index is 216. The van der Waals surface area contributed by atoms with Gasteiger partial charge >= 0.3 is 0 Å². The molecule has 0 aliphatic carbocycles. The van der Waals surface area contributed by atoms with Gasteiger partial charge < -0.3 is 15.0 Å². The van der Waals surface area contributed by atoms with Crippen LogP contribution in [0.5, 0.6) is 0 Å². The second-order valence-electron chi connectivity index (χ2n) is 5.68. The van der Waals surface area contributed by atoms with E-state index >= 15 is 0 Å². The maximum absolute atomic E-state index is 5.44. The fourth-order valence-corrected chi connectivity index (χ4v) is 3.23. The standard InChI is InChI=1S/C14H28N2O/c1-3-15-14-4-7-16(12(2)10-14)11-13-5-8-17-9-6-13/h12-15H,3-11H2,1-2H3. The summed E-state index contributed by atoms with van der Waals surface area (Å²) in [6, 6.07) is 1.50. The number of ether oxygens (including phenoxy) is 1. The summed E-state index contributed by atoms with van der Waals surface area (Å²) in [6.07, 6.45) is 5.16. The van der Waals surface area contributed by atoms with Crippen LogP contribution in [0, 0.1) is 5.92 Å². The highest BCUT2D eigenvalue weighted by Gasteiger charge is 2.27. The van der Waals surface area contributed by atoms with Gasteiger partial charge in [0.05, 0.1) is 0 Å². The lowest BCUT2D eigenvalue weighted by atomic mass is 9.94. The van der Waals surface area contributed by atoms with Crippen molar-refractivity contribution in [2.75, 3.05) is 32.8 Å². The minimum atomic E-state index is 0.746. The number of nitrogens with one attached hydrogen (secondary N) is 1. The topological polar surface area (TPSA) is 24.5 Å². The first kappa shape index (κ1) is 13.3. The summed E-state index contributed by atoms with van der Waals surface area (Å²) in [5.74, 6) is 0.877. The molecule has 0 radical (unpaired) electrons. The lowest BCUT2D eigenvalue weighted by Gasteiger charge is -2.40. The highest BCUT2D eigenvalue weighted by atomic mass is 16.5. The molecule has 0 aromatic rings. The van der Waals surface area contributed by atoms with Crippen LogP contribution in [0.4, 0.5) is 0 Å². The molecule has 1 N–H and O–H groups in total. The Morgan fingerprint density at radius 1 is 1.24 bits per heavy atom. The zero-order valence-corrected chi connectivity index (χ0v) is 11.5. The Labute approximate surface area is 106 Å². The maximum atomic E-state index is 5.44. The molecule has 2 heterocycles. The minimum Gasteiger partial charge on any atom is -0.381 e. The van der Waals surface area contributed by atoms with Gasteiger partial charge in [-0.25, -0.2) is 0 Å². The molecule has 0 aromatic heterocycles. The fraction of sp³-hybridized carbons (Fsp3) is 1.00. The van der Waals surface area contributed by atoms with Gasteiger partial charge in [-0.1, -0.05) is 6.92 Å². The summed E-state index contributed by atoms with van der Waals surface area (Å²) >= 11 is 0. The first-order chi connectivity index (χ1) is 8.29. The van der Waals surface area contributed by atoms with Gasteiger partial charge in [0.15, 0.2) is 0 Å². The van der Waals surface area contributed by atoms with Gasteiger partial charge in [-0.2, -0.15) is 0 Å². The van der Waals surface area contributed by atoms with Crippen LogP contribution in [0.15, 0.2) is 0 Å². The third-order valence-corrected chi connectivity index (χ3v) is 4.34. The van der Waals surface area contributed by atoms with Gasteiger partial charge in [-0.15, -0.1) is 0 Å². The van der Waals surface area contributed by atoms with Crippen molar-refractivity contribution >= 4 is 0 Å². The first-order valence-electron chi connectivity index (χ1n) is 7.34. The molecule has 3 nitrogen and oxygen atoms in total. The summed E-state index contributed by atoms with van der Waals surface area (Å²) in [5, 5.41) is 3.59. The molecule has 2 atom stereocenters. The smallest absolute Gasteiger partial charge is 0.0469 e. The fourth-order valence-electron chi connectivity index (χ4n) is 3.23. The normalized spacial score (nSPS) is 32.8. The third-order valence-electron chi connectivity index (χ3n) is 4.34. The molecule has 17 heavy (non-hydrogen) atoms. The quantitative estimate of drug-likeness (QED) is 0.812. The van der Waals surface area contributed by atoms with Crippen molar-refractivity contribution in [3.05, 3.63) is 0 Å². The molecule has 0 saturated carbocycles. The van der Waals surface area contributed by atoms with Crippen LogP contribution < -0.4 is 5.32 Å². The van der Waals surface area contributed by atoms with Crippen LogP contribution in [0.3, 0.4) is 0 Å². The number of piperidine rings is 1. The van der Waals surface area contributed by atoms with Crippen LogP contribution in [0.25, 0.3) is 0 Å². The average molecular weight is 240 g/mol. The van der Waals surface area contributed by atoms with Gasteiger partial charge in [0.25, 0.3) is 0 Å². The van der Waals surface area contributed by atoms with E-state index in [2.05, 4.69) is 24.1 Å². The molecule has 2 fully saturated rings. The van der Waals surface area contributed by atoms with E-state index < -0.39 is 0 Å². The van der Waals surface area contributed by atoms with E-state index in [1.165, 1.54) is 38.8 Å². The Hall–Kier alpha value is -0.120. The summed E-state index contributed by atoms with van der Waals surface area (Å²) < 4.78 is 5.44. The van der Waals surface area contributed by atoms with E-state index in [1.807, 2.05) is 0 Å². The van der Waals surface area contributed by atoms with Crippen molar-refractivity contribution in [2.45, 2.75) is 51.6 Å². The molecular formula is C14H28N2O. The molecule has 2 aliphatic heterocycles. The Balaban J connectivity index is 1.74. The van der Waals surface area contributed by atoms with Crippen LogP contribution in [0.1, 0.15) is 39.5 Å². The first-order valence-corrected chi connectivity index (χ1v) is 7.34. The van der Waals surface area contributed by atoms with Gasteiger partial charge in [0.2, 0.25) is 0 Å². The van der Waals surface area contributed by atoms with Gasteiger partial charge in [0, 0.05) is 31.8 Å². The molecule has 0 spiro atoms. The number of hydrogen-bond acceptors (Lipinski definition) is 3. The van der Waals surface area contributed by atoms with E-state index in [4.69, 9.17) is 4.74 Å². The van der Waals surface area contributed by atoms with Crippen molar-refractivity contribution in [2.24, 2.45) is 5.92 Å². The molecule has 2 saturated heterocycles. The Morgan fingerprint density at radius 2 is 2.00 bits per heavy atom. The lowest BCUT2D eigenvalue weighted by Crippen LogP contribution is -2.49. The number of rotatable bonds is 4. The molecule has 2 unspecified atom stereocenters. The summed E-state index contributed by atoms with van der Waals surface area (Å²) in [6.45, 7) is 10.2. The van der Waals surface area contributed by atoms with Crippen molar-refractivity contribution in [3.8, 4) is 0 Å². The van der Waals surface area contributed by atoms with Gasteiger partial charge in [0.1, 0.15) is 0 Å². The van der Waals surface area contributed by atoms with Gasteiger partial charge in [-0.05, 0) is 51.6 Å². The second-order valence-corrected chi connectivity index (χ2v) is 5.68. The van der Waals surface area contributed by atoms with Crippen molar-refractivity contribution in [3.63, 3.8) is 0 Å². The highest BCUT2D eigenvalue weighted by Crippen LogP contribution is 2.22. The van der Waals surface area contributed by atoms with E-state index in [9.17, 15) is 0 Å². The monoisotopic (exact) mass is 240 g/mol. The second kappa shape index (κ2) is 6.72. The molecule has 100 valence electrons. The summed E-state index contributed by atoms with van der Waals surface area (Å²) in [7, 11) is 0. The lowest BCUT2D eigenvalue weighted by molar-refractivity contribution is 0.0376.